The Hall–Kier alpha value is -4.26. The molecule has 0 fully saturated rings. The Morgan fingerprint density at radius 3 is 2.47 bits per heavy atom. The fourth-order valence-corrected chi connectivity index (χ4v) is 3.13. The van der Waals surface area contributed by atoms with E-state index in [0.29, 0.717) is 5.39 Å². The van der Waals surface area contributed by atoms with Gasteiger partial charge in [0.25, 0.3) is 5.69 Å². The first-order valence-electron chi connectivity index (χ1n) is 9.08. The molecule has 0 radical (unpaired) electrons. The van der Waals surface area contributed by atoms with Crippen molar-refractivity contribution in [2.45, 2.75) is 6.42 Å². The van der Waals surface area contributed by atoms with Gasteiger partial charge in [0.15, 0.2) is 5.75 Å². The molecule has 0 aliphatic carbocycles. The molecular weight excluding hydrogens is 386 g/mol. The highest BCUT2D eigenvalue weighted by atomic mass is 16.6. The number of non-ortho nitro benzene ring substituents is 1. The van der Waals surface area contributed by atoms with Crippen LogP contribution in [0.1, 0.15) is 21.5 Å². The number of carbonyl (C=O) groups is 1. The van der Waals surface area contributed by atoms with Gasteiger partial charge in [0, 0.05) is 18.6 Å². The average molecular weight is 401 g/mol. The topological polar surface area (TPSA) is 99.7 Å². The Labute approximate surface area is 170 Å². The first-order chi connectivity index (χ1) is 14.5. The van der Waals surface area contributed by atoms with Crippen LogP contribution in [0, 0.1) is 10.1 Å². The van der Waals surface area contributed by atoms with Gasteiger partial charge in [-0.25, -0.2) is 9.59 Å². The number of nitro groups is 1. The highest BCUT2D eigenvalue weighted by molar-refractivity contribution is 5.95. The molecule has 0 unspecified atom stereocenters. The second-order valence-electron chi connectivity index (χ2n) is 6.55. The third-order valence-corrected chi connectivity index (χ3v) is 4.57. The highest BCUT2D eigenvalue weighted by Gasteiger charge is 2.21. The number of nitrogens with zero attached hydrogens (tertiary/aromatic N) is 1. The van der Waals surface area contributed by atoms with Crippen LogP contribution in [0.15, 0.2) is 88.1 Å². The quantitative estimate of drug-likeness (QED) is 0.211. The molecule has 0 saturated carbocycles. The number of benzene rings is 3. The van der Waals surface area contributed by atoms with E-state index in [0.717, 1.165) is 11.6 Å². The molecule has 0 saturated heterocycles. The van der Waals surface area contributed by atoms with Crippen LogP contribution in [-0.4, -0.2) is 10.9 Å². The van der Waals surface area contributed by atoms with E-state index >= 15 is 0 Å². The van der Waals surface area contributed by atoms with Crippen LogP contribution in [0.3, 0.4) is 0 Å². The van der Waals surface area contributed by atoms with Crippen molar-refractivity contribution in [3.05, 3.63) is 116 Å². The third kappa shape index (κ3) is 3.81. The molecule has 148 valence electrons. The first-order valence-corrected chi connectivity index (χ1v) is 9.08. The molecule has 3 aromatic carbocycles. The monoisotopic (exact) mass is 401 g/mol. The van der Waals surface area contributed by atoms with Crippen molar-refractivity contribution in [2.75, 3.05) is 0 Å². The van der Waals surface area contributed by atoms with E-state index < -0.39 is 16.5 Å². The van der Waals surface area contributed by atoms with Gasteiger partial charge >= 0.3 is 11.6 Å². The van der Waals surface area contributed by atoms with Crippen LogP contribution >= 0.6 is 0 Å². The number of fused-ring (bicyclic) bond motifs is 1. The zero-order chi connectivity index (χ0) is 21.1. The van der Waals surface area contributed by atoms with E-state index in [1.165, 1.54) is 18.2 Å². The molecule has 0 amide bonds. The molecule has 0 bridgehead atoms. The van der Waals surface area contributed by atoms with Gasteiger partial charge in [-0.1, -0.05) is 48.5 Å². The van der Waals surface area contributed by atoms with E-state index in [1.54, 1.807) is 24.3 Å². The van der Waals surface area contributed by atoms with Crippen LogP contribution in [0.4, 0.5) is 5.69 Å². The summed E-state index contributed by atoms with van der Waals surface area (Å²) in [5, 5.41) is 11.5. The Kier molecular flexibility index (Phi) is 5.09. The lowest BCUT2D eigenvalue weighted by atomic mass is 10.0. The molecular formula is C23H15NO6. The van der Waals surface area contributed by atoms with Crippen LogP contribution < -0.4 is 10.4 Å². The molecule has 1 aromatic heterocycles. The summed E-state index contributed by atoms with van der Waals surface area (Å²) >= 11 is 0. The van der Waals surface area contributed by atoms with Crippen molar-refractivity contribution in [3.63, 3.8) is 0 Å². The summed E-state index contributed by atoms with van der Waals surface area (Å²) in [6.07, 6.45) is 0.200. The van der Waals surface area contributed by atoms with Crippen molar-refractivity contribution < 1.29 is 18.9 Å². The minimum Gasteiger partial charge on any atom is -0.422 e. The maximum atomic E-state index is 12.8. The van der Waals surface area contributed by atoms with Gasteiger partial charge in [0.2, 0.25) is 0 Å². The number of hydrogen-bond donors (Lipinski definition) is 0. The summed E-state index contributed by atoms with van der Waals surface area (Å²) in [5.74, 6) is -0.717. The smallest absolute Gasteiger partial charge is 0.343 e. The molecule has 0 N–H and O–H groups in total. The molecule has 0 aliphatic rings. The number of nitro benzene ring substituents is 1. The number of hydrogen-bond acceptors (Lipinski definition) is 6. The van der Waals surface area contributed by atoms with E-state index in [4.69, 9.17) is 9.15 Å². The maximum absolute atomic E-state index is 12.8. The second-order valence-corrected chi connectivity index (χ2v) is 6.55. The predicted octanol–water partition coefficient (Wildman–Crippen LogP) is 4.51. The summed E-state index contributed by atoms with van der Waals surface area (Å²) in [6, 6.07) is 21.2. The summed E-state index contributed by atoms with van der Waals surface area (Å²) in [6.45, 7) is 0. The highest BCUT2D eigenvalue weighted by Crippen LogP contribution is 2.30. The standard InChI is InChI=1S/C23H15NO6/c25-22(16-9-6-10-17(14-16)24(27)28)30-21-18-11-4-5-12-20(18)29-23(26)19(21)13-15-7-2-1-3-8-15/h1-12,14H,13H2. The van der Waals surface area contributed by atoms with Crippen molar-refractivity contribution in [2.24, 2.45) is 0 Å². The fourth-order valence-electron chi connectivity index (χ4n) is 3.13. The summed E-state index contributed by atoms with van der Waals surface area (Å²) in [7, 11) is 0. The summed E-state index contributed by atoms with van der Waals surface area (Å²) < 4.78 is 11.0. The lowest BCUT2D eigenvalue weighted by Gasteiger charge is -2.12. The SMILES string of the molecule is O=C(Oc1c(Cc2ccccc2)c(=O)oc2ccccc12)c1cccc([N+](=O)[O-])c1. The van der Waals surface area contributed by atoms with Crippen LogP contribution in [0.5, 0.6) is 5.75 Å². The van der Waals surface area contributed by atoms with Gasteiger partial charge in [0.05, 0.1) is 21.4 Å². The zero-order valence-corrected chi connectivity index (χ0v) is 15.6. The number of para-hydroxylation sites is 1. The van der Waals surface area contributed by atoms with E-state index in [1.807, 2.05) is 30.3 Å². The van der Waals surface area contributed by atoms with E-state index in [9.17, 15) is 19.7 Å². The normalized spacial score (nSPS) is 10.7. The Morgan fingerprint density at radius 2 is 1.70 bits per heavy atom. The molecule has 0 spiro atoms. The molecule has 4 rings (SSSR count). The van der Waals surface area contributed by atoms with Gasteiger partial charge < -0.3 is 9.15 Å². The lowest BCUT2D eigenvalue weighted by Crippen LogP contribution is -2.16. The van der Waals surface area contributed by atoms with Crippen molar-refractivity contribution in [3.8, 4) is 5.75 Å². The van der Waals surface area contributed by atoms with Crippen molar-refractivity contribution in [1.29, 1.82) is 0 Å². The second kappa shape index (κ2) is 8.00. The van der Waals surface area contributed by atoms with E-state index in [2.05, 4.69) is 0 Å². The zero-order valence-electron chi connectivity index (χ0n) is 15.6. The van der Waals surface area contributed by atoms with Gasteiger partial charge in [0.1, 0.15) is 5.58 Å². The maximum Gasteiger partial charge on any atom is 0.343 e. The molecule has 0 atom stereocenters. The van der Waals surface area contributed by atoms with Gasteiger partial charge in [-0.2, -0.15) is 0 Å². The van der Waals surface area contributed by atoms with Crippen molar-refractivity contribution >= 4 is 22.6 Å². The van der Waals surface area contributed by atoms with Crippen LogP contribution in [0.2, 0.25) is 0 Å². The Morgan fingerprint density at radius 1 is 0.967 bits per heavy atom. The molecule has 0 aliphatic heterocycles. The van der Waals surface area contributed by atoms with Gasteiger partial charge in [-0.3, -0.25) is 10.1 Å². The number of esters is 1. The molecule has 1 heterocycles. The minimum absolute atomic E-state index is 0.00665. The Bertz CT molecular complexity index is 1310. The van der Waals surface area contributed by atoms with Crippen LogP contribution in [-0.2, 0) is 6.42 Å². The summed E-state index contributed by atoms with van der Waals surface area (Å²) in [4.78, 5) is 35.9. The molecule has 7 nitrogen and oxygen atoms in total. The fraction of sp³-hybridized carbons (Fsp3) is 0.0435. The van der Waals surface area contributed by atoms with Crippen molar-refractivity contribution in [1.82, 2.24) is 0 Å². The van der Waals surface area contributed by atoms with Gasteiger partial charge in [-0.15, -0.1) is 0 Å². The number of carbonyl (C=O) groups excluding carboxylic acids is 1. The molecule has 7 heteroatoms. The average Bonchev–Trinajstić information content (AvgIpc) is 2.76. The lowest BCUT2D eigenvalue weighted by molar-refractivity contribution is -0.384. The van der Waals surface area contributed by atoms with Gasteiger partial charge in [-0.05, 0) is 23.8 Å². The largest absolute Gasteiger partial charge is 0.422 e. The third-order valence-electron chi connectivity index (χ3n) is 4.57. The molecule has 30 heavy (non-hydrogen) atoms. The minimum atomic E-state index is -0.802. The van der Waals surface area contributed by atoms with Crippen LogP contribution in [0.25, 0.3) is 11.0 Å². The predicted molar refractivity (Wildman–Crippen MR) is 110 cm³/mol. The number of ether oxygens (including phenoxy) is 1. The summed E-state index contributed by atoms with van der Waals surface area (Å²) in [5.41, 5.74) is 0.477. The van der Waals surface area contributed by atoms with E-state index in [-0.39, 0.29) is 34.6 Å². The Balaban J connectivity index is 1.81. The number of rotatable bonds is 5. The first kappa shape index (κ1) is 19.1. The molecule has 4 aromatic rings.